The Bertz CT molecular complexity index is 1060. The van der Waals surface area contributed by atoms with Gasteiger partial charge in [-0.25, -0.2) is 0 Å². The number of anilines is 3. The zero-order valence-corrected chi connectivity index (χ0v) is 14.1. The van der Waals surface area contributed by atoms with Crippen LogP contribution in [-0.2, 0) is 0 Å². The van der Waals surface area contributed by atoms with E-state index in [1.165, 1.54) is 0 Å². The van der Waals surface area contributed by atoms with Crippen LogP contribution in [0.4, 0.5) is 17.1 Å². The molecule has 3 heteroatoms. The normalized spacial score (nSPS) is 10.5. The van der Waals surface area contributed by atoms with E-state index in [0.717, 1.165) is 27.8 Å². The number of fused-ring (bicyclic) bond motifs is 1. The molecule has 4 aromatic carbocycles. The largest absolute Gasteiger partial charge is 0.355 e. The number of nitrogens with one attached hydrogen (secondary N) is 2. The van der Waals surface area contributed by atoms with Crippen molar-refractivity contribution in [1.29, 1.82) is 0 Å². The number of hydrogen-bond acceptors (Lipinski definition) is 2. The molecule has 0 aliphatic rings. The van der Waals surface area contributed by atoms with Crippen molar-refractivity contribution >= 4 is 33.7 Å². The van der Waals surface area contributed by atoms with E-state index in [4.69, 9.17) is 0 Å². The fourth-order valence-corrected chi connectivity index (χ4v) is 2.93. The van der Waals surface area contributed by atoms with Crippen LogP contribution in [0.5, 0.6) is 0 Å². The molecule has 26 heavy (non-hydrogen) atoms. The Hall–Kier alpha value is -3.59. The fraction of sp³-hybridized carbons (Fsp3) is 0. The van der Waals surface area contributed by atoms with Gasteiger partial charge in [0, 0.05) is 11.4 Å². The van der Waals surface area contributed by atoms with Crippen LogP contribution < -0.4 is 10.6 Å². The lowest BCUT2D eigenvalue weighted by atomic mass is 10.1. The first-order valence-corrected chi connectivity index (χ1v) is 8.51. The highest BCUT2D eigenvalue weighted by atomic mass is 16.1. The molecule has 0 fully saturated rings. The quantitative estimate of drug-likeness (QED) is 0.491. The first-order chi connectivity index (χ1) is 12.8. The van der Waals surface area contributed by atoms with E-state index in [1.54, 1.807) is 0 Å². The Morgan fingerprint density at radius 1 is 0.615 bits per heavy atom. The molecule has 0 bridgehead atoms. The number of carbonyl (C=O) groups excluding carboxylic acids is 1. The predicted octanol–water partition coefficient (Wildman–Crippen LogP) is 5.84. The van der Waals surface area contributed by atoms with Crippen LogP contribution in [0, 0.1) is 0 Å². The lowest BCUT2D eigenvalue weighted by Gasteiger charge is -2.12. The fourth-order valence-electron chi connectivity index (χ4n) is 2.93. The Labute approximate surface area is 152 Å². The zero-order chi connectivity index (χ0) is 17.8. The van der Waals surface area contributed by atoms with E-state index in [2.05, 4.69) is 16.7 Å². The summed E-state index contributed by atoms with van der Waals surface area (Å²) in [5.74, 6) is -0.140. The maximum Gasteiger partial charge on any atom is 0.257 e. The zero-order valence-electron chi connectivity index (χ0n) is 14.1. The predicted molar refractivity (Wildman–Crippen MR) is 108 cm³/mol. The first-order valence-electron chi connectivity index (χ1n) is 8.51. The topological polar surface area (TPSA) is 41.1 Å². The summed E-state index contributed by atoms with van der Waals surface area (Å²) in [7, 11) is 0. The average Bonchev–Trinajstić information content (AvgIpc) is 2.69. The van der Waals surface area contributed by atoms with Gasteiger partial charge in [0.05, 0.1) is 11.3 Å². The molecule has 0 spiro atoms. The number of benzene rings is 4. The Morgan fingerprint density at radius 2 is 1.31 bits per heavy atom. The summed E-state index contributed by atoms with van der Waals surface area (Å²) in [5, 5.41) is 8.55. The second kappa shape index (κ2) is 7.11. The summed E-state index contributed by atoms with van der Waals surface area (Å²) in [6, 6.07) is 31.3. The van der Waals surface area contributed by atoms with E-state index in [0.29, 0.717) is 5.56 Å². The van der Waals surface area contributed by atoms with Gasteiger partial charge in [-0.15, -0.1) is 0 Å². The molecule has 3 nitrogen and oxygen atoms in total. The molecule has 0 saturated carbocycles. The average molecular weight is 338 g/mol. The maximum atomic E-state index is 12.8. The number of carbonyl (C=O) groups is 1. The Balaban J connectivity index is 1.59. The number of para-hydroxylation sites is 2. The van der Waals surface area contributed by atoms with E-state index in [1.807, 2.05) is 91.0 Å². The summed E-state index contributed by atoms with van der Waals surface area (Å²) >= 11 is 0. The van der Waals surface area contributed by atoms with Gasteiger partial charge in [0.2, 0.25) is 0 Å². The molecule has 0 heterocycles. The highest BCUT2D eigenvalue weighted by Gasteiger charge is 2.11. The van der Waals surface area contributed by atoms with Crippen LogP contribution in [0.25, 0.3) is 10.8 Å². The third-order valence-corrected chi connectivity index (χ3v) is 4.23. The molecule has 1 amide bonds. The molecular formula is C23H18N2O. The van der Waals surface area contributed by atoms with Crippen LogP contribution in [0.3, 0.4) is 0 Å². The van der Waals surface area contributed by atoms with E-state index >= 15 is 0 Å². The summed E-state index contributed by atoms with van der Waals surface area (Å²) in [5.41, 5.74) is 3.10. The monoisotopic (exact) mass is 338 g/mol. The van der Waals surface area contributed by atoms with Crippen molar-refractivity contribution in [2.75, 3.05) is 10.6 Å². The molecule has 0 unspecified atom stereocenters. The molecule has 0 atom stereocenters. The highest BCUT2D eigenvalue weighted by molar-refractivity contribution is 6.09. The smallest absolute Gasteiger partial charge is 0.257 e. The van der Waals surface area contributed by atoms with Crippen molar-refractivity contribution in [2.24, 2.45) is 0 Å². The number of amides is 1. The van der Waals surface area contributed by atoms with E-state index in [9.17, 15) is 4.79 Å². The molecular weight excluding hydrogens is 320 g/mol. The van der Waals surface area contributed by atoms with Gasteiger partial charge in [0.15, 0.2) is 0 Å². The summed E-state index contributed by atoms with van der Waals surface area (Å²) < 4.78 is 0. The molecule has 126 valence electrons. The minimum absolute atomic E-state index is 0.140. The SMILES string of the molecule is O=C(Nc1ccc2ccccc2c1)c1ccccc1Nc1ccccc1. The van der Waals surface area contributed by atoms with Crippen molar-refractivity contribution in [3.8, 4) is 0 Å². The molecule has 0 radical (unpaired) electrons. The second-order valence-electron chi connectivity index (χ2n) is 6.05. The van der Waals surface area contributed by atoms with Crippen LogP contribution in [0.1, 0.15) is 10.4 Å². The van der Waals surface area contributed by atoms with Crippen molar-refractivity contribution in [3.63, 3.8) is 0 Å². The van der Waals surface area contributed by atoms with E-state index < -0.39 is 0 Å². The first kappa shape index (κ1) is 15.9. The van der Waals surface area contributed by atoms with Gasteiger partial charge in [-0.3, -0.25) is 4.79 Å². The van der Waals surface area contributed by atoms with E-state index in [-0.39, 0.29) is 5.91 Å². The lowest BCUT2D eigenvalue weighted by molar-refractivity contribution is 0.102. The Morgan fingerprint density at radius 3 is 2.15 bits per heavy atom. The highest BCUT2D eigenvalue weighted by Crippen LogP contribution is 2.23. The van der Waals surface area contributed by atoms with Crippen LogP contribution in [-0.4, -0.2) is 5.91 Å². The molecule has 2 N–H and O–H groups in total. The van der Waals surface area contributed by atoms with Crippen LogP contribution in [0.2, 0.25) is 0 Å². The standard InChI is InChI=1S/C23H18N2O/c26-23(25-20-15-14-17-8-4-5-9-18(17)16-20)21-12-6-7-13-22(21)24-19-10-2-1-3-11-19/h1-16,24H,(H,25,26). The summed E-state index contributed by atoms with van der Waals surface area (Å²) in [4.78, 5) is 12.8. The maximum absolute atomic E-state index is 12.8. The van der Waals surface area contributed by atoms with Gasteiger partial charge in [-0.2, -0.15) is 0 Å². The summed E-state index contributed by atoms with van der Waals surface area (Å²) in [6.07, 6.45) is 0. The van der Waals surface area contributed by atoms with Crippen LogP contribution >= 0.6 is 0 Å². The van der Waals surface area contributed by atoms with Gasteiger partial charge >= 0.3 is 0 Å². The molecule has 4 rings (SSSR count). The van der Waals surface area contributed by atoms with Gasteiger partial charge in [0.25, 0.3) is 5.91 Å². The molecule has 0 aliphatic heterocycles. The number of hydrogen-bond donors (Lipinski definition) is 2. The van der Waals surface area contributed by atoms with Gasteiger partial charge in [-0.05, 0) is 47.2 Å². The minimum Gasteiger partial charge on any atom is -0.355 e. The van der Waals surface area contributed by atoms with Crippen molar-refractivity contribution < 1.29 is 4.79 Å². The number of rotatable bonds is 4. The third-order valence-electron chi connectivity index (χ3n) is 4.23. The van der Waals surface area contributed by atoms with Crippen molar-refractivity contribution in [1.82, 2.24) is 0 Å². The van der Waals surface area contributed by atoms with Crippen LogP contribution in [0.15, 0.2) is 97.1 Å². The van der Waals surface area contributed by atoms with Gasteiger partial charge < -0.3 is 10.6 Å². The molecule has 0 saturated heterocycles. The minimum atomic E-state index is -0.140. The lowest BCUT2D eigenvalue weighted by Crippen LogP contribution is -2.13. The van der Waals surface area contributed by atoms with Gasteiger partial charge in [0.1, 0.15) is 0 Å². The summed E-state index contributed by atoms with van der Waals surface area (Å²) in [6.45, 7) is 0. The Kier molecular flexibility index (Phi) is 4.35. The molecule has 4 aromatic rings. The molecule has 0 aliphatic carbocycles. The third kappa shape index (κ3) is 3.42. The van der Waals surface area contributed by atoms with Gasteiger partial charge in [-0.1, -0.05) is 60.7 Å². The van der Waals surface area contributed by atoms with Crippen molar-refractivity contribution in [3.05, 3.63) is 103 Å². The van der Waals surface area contributed by atoms with Crippen molar-refractivity contribution in [2.45, 2.75) is 0 Å². The second-order valence-corrected chi connectivity index (χ2v) is 6.05. The molecule has 0 aromatic heterocycles.